The highest BCUT2D eigenvalue weighted by Crippen LogP contribution is 2.25. The Morgan fingerprint density at radius 3 is 2.55 bits per heavy atom. The van der Waals surface area contributed by atoms with Crippen molar-refractivity contribution in [3.8, 4) is 34.3 Å². The maximum Gasteiger partial charge on any atom is 0.272 e. The zero-order valence-electron chi connectivity index (χ0n) is 18.3. The molecule has 4 aromatic heterocycles. The second kappa shape index (κ2) is 9.77. The van der Waals surface area contributed by atoms with E-state index in [2.05, 4.69) is 35.2 Å². The first-order chi connectivity index (χ1) is 16.1. The summed E-state index contributed by atoms with van der Waals surface area (Å²) in [6.07, 6.45) is 9.62. The molecule has 4 heterocycles. The predicted molar refractivity (Wildman–Crippen MR) is 120 cm³/mol. The van der Waals surface area contributed by atoms with Crippen LogP contribution in [-0.2, 0) is 6.54 Å². The Balaban J connectivity index is 1.66. The average molecular weight is 443 g/mol. The minimum absolute atomic E-state index is 0.120. The molecule has 0 saturated heterocycles. The van der Waals surface area contributed by atoms with Gasteiger partial charge < -0.3 is 14.8 Å². The topological polar surface area (TPSA) is 125 Å². The van der Waals surface area contributed by atoms with Gasteiger partial charge in [0.25, 0.3) is 11.8 Å². The molecule has 0 unspecified atom stereocenters. The lowest BCUT2D eigenvalue weighted by molar-refractivity contribution is 0.0945. The SMILES string of the molecule is COc1ccc(CNC(=O)c2nc(-c3cncc(C)c3)cnc2-c2cnccn2)nc1OC. The normalized spacial score (nSPS) is 10.5. The number of aryl methyl sites for hydroxylation is 1. The number of ether oxygens (including phenoxy) is 2. The first-order valence-electron chi connectivity index (χ1n) is 10.0. The summed E-state index contributed by atoms with van der Waals surface area (Å²) >= 11 is 0. The second-order valence-corrected chi connectivity index (χ2v) is 6.99. The minimum Gasteiger partial charge on any atom is -0.491 e. The van der Waals surface area contributed by atoms with Gasteiger partial charge in [-0.05, 0) is 30.7 Å². The number of carbonyl (C=O) groups excluding carboxylic acids is 1. The number of pyridine rings is 2. The average Bonchev–Trinajstić information content (AvgIpc) is 2.87. The van der Waals surface area contributed by atoms with Crippen molar-refractivity contribution in [2.75, 3.05) is 14.2 Å². The fourth-order valence-electron chi connectivity index (χ4n) is 3.11. The van der Waals surface area contributed by atoms with Gasteiger partial charge in [-0.2, -0.15) is 0 Å². The number of nitrogens with zero attached hydrogens (tertiary/aromatic N) is 6. The predicted octanol–water partition coefficient (Wildman–Crippen LogP) is 2.65. The molecule has 10 heteroatoms. The molecule has 0 fully saturated rings. The van der Waals surface area contributed by atoms with Crippen LogP contribution in [0.25, 0.3) is 22.6 Å². The number of rotatable bonds is 7. The van der Waals surface area contributed by atoms with E-state index in [9.17, 15) is 4.79 Å². The van der Waals surface area contributed by atoms with Crippen molar-refractivity contribution in [2.24, 2.45) is 0 Å². The van der Waals surface area contributed by atoms with Crippen LogP contribution < -0.4 is 14.8 Å². The molecule has 33 heavy (non-hydrogen) atoms. The second-order valence-electron chi connectivity index (χ2n) is 6.99. The summed E-state index contributed by atoms with van der Waals surface area (Å²) in [7, 11) is 3.03. The number of aromatic nitrogens is 6. The van der Waals surface area contributed by atoms with E-state index >= 15 is 0 Å². The van der Waals surface area contributed by atoms with Gasteiger partial charge in [-0.3, -0.25) is 19.7 Å². The van der Waals surface area contributed by atoms with Gasteiger partial charge in [0.15, 0.2) is 11.4 Å². The van der Waals surface area contributed by atoms with E-state index in [1.165, 1.54) is 26.6 Å². The minimum atomic E-state index is -0.429. The maximum atomic E-state index is 13.2. The molecule has 0 aliphatic carbocycles. The van der Waals surface area contributed by atoms with Gasteiger partial charge in [-0.1, -0.05) is 0 Å². The summed E-state index contributed by atoms with van der Waals surface area (Å²) in [5.74, 6) is 0.406. The summed E-state index contributed by atoms with van der Waals surface area (Å²) < 4.78 is 10.4. The van der Waals surface area contributed by atoms with E-state index in [4.69, 9.17) is 9.47 Å². The van der Waals surface area contributed by atoms with Crippen LogP contribution in [0.5, 0.6) is 11.6 Å². The third kappa shape index (κ3) is 4.90. The lowest BCUT2D eigenvalue weighted by Gasteiger charge is -2.11. The first kappa shape index (κ1) is 21.8. The monoisotopic (exact) mass is 443 g/mol. The van der Waals surface area contributed by atoms with E-state index in [0.29, 0.717) is 34.4 Å². The van der Waals surface area contributed by atoms with Crippen molar-refractivity contribution in [1.29, 1.82) is 0 Å². The Morgan fingerprint density at radius 1 is 0.939 bits per heavy atom. The van der Waals surface area contributed by atoms with Gasteiger partial charge in [0.05, 0.1) is 44.5 Å². The summed E-state index contributed by atoms with van der Waals surface area (Å²) in [5.41, 5.74) is 3.72. The molecule has 1 N–H and O–H groups in total. The van der Waals surface area contributed by atoms with Crippen LogP contribution in [0.15, 0.2) is 55.4 Å². The lowest BCUT2D eigenvalue weighted by Crippen LogP contribution is -2.25. The molecule has 0 aromatic carbocycles. The third-order valence-corrected chi connectivity index (χ3v) is 4.69. The zero-order chi connectivity index (χ0) is 23.2. The highest BCUT2D eigenvalue weighted by molar-refractivity contribution is 5.98. The van der Waals surface area contributed by atoms with E-state index in [1.807, 2.05) is 13.0 Å². The highest BCUT2D eigenvalue weighted by atomic mass is 16.5. The van der Waals surface area contributed by atoms with E-state index in [-0.39, 0.29) is 12.2 Å². The van der Waals surface area contributed by atoms with Crippen molar-refractivity contribution >= 4 is 5.91 Å². The highest BCUT2D eigenvalue weighted by Gasteiger charge is 2.19. The Labute approximate surface area is 190 Å². The molecule has 4 aromatic rings. The largest absolute Gasteiger partial charge is 0.491 e. The molecular formula is C23H21N7O3. The van der Waals surface area contributed by atoms with Crippen LogP contribution in [0.3, 0.4) is 0 Å². The molecule has 166 valence electrons. The molecular weight excluding hydrogens is 422 g/mol. The Bertz CT molecular complexity index is 1280. The molecule has 0 saturated carbocycles. The number of amides is 1. The number of carbonyl (C=O) groups is 1. The number of hydrogen-bond acceptors (Lipinski definition) is 9. The van der Waals surface area contributed by atoms with E-state index in [0.717, 1.165) is 11.1 Å². The third-order valence-electron chi connectivity index (χ3n) is 4.69. The van der Waals surface area contributed by atoms with Crippen LogP contribution in [0.2, 0.25) is 0 Å². The summed E-state index contributed by atoms with van der Waals surface area (Å²) in [4.78, 5) is 39.1. The molecule has 10 nitrogen and oxygen atoms in total. The quantitative estimate of drug-likeness (QED) is 0.459. The lowest BCUT2D eigenvalue weighted by atomic mass is 10.1. The maximum absolute atomic E-state index is 13.2. The van der Waals surface area contributed by atoms with Crippen LogP contribution in [0.4, 0.5) is 0 Å². The van der Waals surface area contributed by atoms with Crippen molar-refractivity contribution in [3.63, 3.8) is 0 Å². The van der Waals surface area contributed by atoms with Crippen molar-refractivity contribution in [3.05, 3.63) is 72.3 Å². The van der Waals surface area contributed by atoms with Gasteiger partial charge in [-0.15, -0.1) is 0 Å². The molecule has 0 aliphatic rings. The Morgan fingerprint density at radius 2 is 1.82 bits per heavy atom. The first-order valence-corrected chi connectivity index (χ1v) is 10.0. The summed E-state index contributed by atoms with van der Waals surface area (Å²) in [5, 5.41) is 2.84. The van der Waals surface area contributed by atoms with Crippen LogP contribution >= 0.6 is 0 Å². The fourth-order valence-corrected chi connectivity index (χ4v) is 3.11. The molecule has 0 spiro atoms. The summed E-state index contributed by atoms with van der Waals surface area (Å²) in [6, 6.07) is 5.39. The summed E-state index contributed by atoms with van der Waals surface area (Å²) in [6.45, 7) is 2.08. The van der Waals surface area contributed by atoms with E-state index in [1.54, 1.807) is 36.9 Å². The van der Waals surface area contributed by atoms with Crippen LogP contribution in [0, 0.1) is 6.92 Å². The molecule has 1 amide bonds. The number of nitrogens with one attached hydrogen (secondary N) is 1. The van der Waals surface area contributed by atoms with Crippen LogP contribution in [0.1, 0.15) is 21.7 Å². The van der Waals surface area contributed by atoms with E-state index < -0.39 is 5.91 Å². The Hall–Kier alpha value is -4.47. The standard InChI is InChI=1S/C23H21N7O3/c1-14-8-15(10-25-9-14)17-13-27-20(18-12-24-6-7-26-18)21(30-17)22(31)28-11-16-4-5-19(32-2)23(29-16)33-3/h4-10,12-13H,11H2,1-3H3,(H,28,31). The number of hydrogen-bond donors (Lipinski definition) is 1. The fraction of sp³-hybridized carbons (Fsp3) is 0.174. The van der Waals surface area contributed by atoms with Gasteiger partial charge in [0.1, 0.15) is 11.4 Å². The molecule has 0 aliphatic heterocycles. The number of methoxy groups -OCH3 is 2. The molecule has 0 radical (unpaired) electrons. The smallest absolute Gasteiger partial charge is 0.272 e. The van der Waals surface area contributed by atoms with Gasteiger partial charge in [0, 0.05) is 30.4 Å². The van der Waals surface area contributed by atoms with Gasteiger partial charge in [-0.25, -0.2) is 15.0 Å². The van der Waals surface area contributed by atoms with Gasteiger partial charge >= 0.3 is 0 Å². The molecule has 0 atom stereocenters. The van der Waals surface area contributed by atoms with Crippen molar-refractivity contribution < 1.29 is 14.3 Å². The molecule has 4 rings (SSSR count). The van der Waals surface area contributed by atoms with Crippen molar-refractivity contribution in [2.45, 2.75) is 13.5 Å². The zero-order valence-corrected chi connectivity index (χ0v) is 18.3. The molecule has 0 bridgehead atoms. The van der Waals surface area contributed by atoms with Crippen molar-refractivity contribution in [1.82, 2.24) is 35.2 Å². The Kier molecular flexibility index (Phi) is 6.44. The van der Waals surface area contributed by atoms with Crippen LogP contribution in [-0.4, -0.2) is 50.0 Å². The van der Waals surface area contributed by atoms with Gasteiger partial charge in [0.2, 0.25) is 0 Å².